The minimum Gasteiger partial charge on any atom is -0.483 e. The maximum atomic E-state index is 12.6. The molecule has 0 saturated carbocycles. The molecular weight excluding hydrogens is 418 g/mol. The summed E-state index contributed by atoms with van der Waals surface area (Å²) in [7, 11) is 0. The van der Waals surface area contributed by atoms with Crippen molar-refractivity contribution >= 4 is 50.3 Å². The Morgan fingerprint density at radius 2 is 2.08 bits per heavy atom. The van der Waals surface area contributed by atoms with Crippen LogP contribution >= 0.6 is 27.7 Å². The Bertz CT molecular complexity index is 813. The molecule has 1 fully saturated rings. The highest BCUT2D eigenvalue weighted by Crippen LogP contribution is 2.33. The molecule has 3 rings (SSSR count). The fourth-order valence-corrected chi connectivity index (χ4v) is 4.52. The van der Waals surface area contributed by atoms with Crippen molar-refractivity contribution < 1.29 is 19.1 Å². The van der Waals surface area contributed by atoms with Crippen molar-refractivity contribution in [2.24, 2.45) is 0 Å². The van der Waals surface area contributed by atoms with E-state index >= 15 is 0 Å². The standard InChI is InChI=1S/C19H20BrNO4S/c1-2-24-19(23)15-12-26-10-9-21(15)17(22)11-25-16-8-7-13-5-3-4-6-14(13)18(16)20/h3-8,15H,2,9-12H2,1H3. The van der Waals surface area contributed by atoms with Gasteiger partial charge in [-0.15, -0.1) is 0 Å². The van der Waals surface area contributed by atoms with Crippen LogP contribution in [0.5, 0.6) is 5.75 Å². The summed E-state index contributed by atoms with van der Waals surface area (Å²) in [6, 6.07) is 11.2. The summed E-state index contributed by atoms with van der Waals surface area (Å²) >= 11 is 5.21. The summed E-state index contributed by atoms with van der Waals surface area (Å²) in [5.41, 5.74) is 0. The van der Waals surface area contributed by atoms with Gasteiger partial charge in [0.25, 0.3) is 5.91 Å². The zero-order valence-corrected chi connectivity index (χ0v) is 16.8. The molecule has 1 heterocycles. The molecule has 1 amide bonds. The molecule has 0 aliphatic carbocycles. The van der Waals surface area contributed by atoms with Crippen LogP contribution in [0.2, 0.25) is 0 Å². The summed E-state index contributed by atoms with van der Waals surface area (Å²) < 4.78 is 11.7. The molecule has 0 radical (unpaired) electrons. The number of ether oxygens (including phenoxy) is 2. The quantitative estimate of drug-likeness (QED) is 0.670. The predicted octanol–water partition coefficient (Wildman–Crippen LogP) is 3.49. The van der Waals surface area contributed by atoms with E-state index in [-0.39, 0.29) is 18.5 Å². The topological polar surface area (TPSA) is 55.8 Å². The van der Waals surface area contributed by atoms with Gasteiger partial charge in [0.2, 0.25) is 0 Å². The van der Waals surface area contributed by atoms with Crippen LogP contribution in [0.4, 0.5) is 0 Å². The lowest BCUT2D eigenvalue weighted by atomic mass is 10.1. The molecule has 26 heavy (non-hydrogen) atoms. The van der Waals surface area contributed by atoms with Crippen molar-refractivity contribution in [3.8, 4) is 5.75 Å². The summed E-state index contributed by atoms with van der Waals surface area (Å²) in [6.45, 7) is 2.48. The van der Waals surface area contributed by atoms with Gasteiger partial charge < -0.3 is 14.4 Å². The van der Waals surface area contributed by atoms with Crippen LogP contribution in [-0.2, 0) is 14.3 Å². The first-order chi connectivity index (χ1) is 12.6. The Morgan fingerprint density at radius 1 is 1.27 bits per heavy atom. The van der Waals surface area contributed by atoms with Crippen molar-refractivity contribution in [1.82, 2.24) is 4.90 Å². The molecule has 0 spiro atoms. The number of rotatable bonds is 5. The smallest absolute Gasteiger partial charge is 0.329 e. The highest BCUT2D eigenvalue weighted by Gasteiger charge is 2.33. The zero-order valence-electron chi connectivity index (χ0n) is 14.4. The number of benzene rings is 2. The largest absolute Gasteiger partial charge is 0.483 e. The Hall–Kier alpha value is -1.73. The molecule has 1 unspecified atom stereocenters. The molecule has 138 valence electrons. The SMILES string of the molecule is CCOC(=O)C1CSCCN1C(=O)COc1ccc2ccccc2c1Br. The number of nitrogens with zero attached hydrogens (tertiary/aromatic N) is 1. The van der Waals surface area contributed by atoms with Gasteiger partial charge in [0.05, 0.1) is 11.1 Å². The van der Waals surface area contributed by atoms with Gasteiger partial charge in [-0.3, -0.25) is 4.79 Å². The lowest BCUT2D eigenvalue weighted by Crippen LogP contribution is -2.52. The number of fused-ring (bicyclic) bond motifs is 1. The molecule has 0 aromatic heterocycles. The minimum atomic E-state index is -0.537. The monoisotopic (exact) mass is 437 g/mol. The van der Waals surface area contributed by atoms with Gasteiger partial charge in [0.1, 0.15) is 11.8 Å². The van der Waals surface area contributed by atoms with Gasteiger partial charge in [0, 0.05) is 18.1 Å². The van der Waals surface area contributed by atoms with Gasteiger partial charge >= 0.3 is 5.97 Å². The van der Waals surface area contributed by atoms with Crippen LogP contribution in [0.15, 0.2) is 40.9 Å². The lowest BCUT2D eigenvalue weighted by molar-refractivity contribution is -0.154. The van der Waals surface area contributed by atoms with Crippen LogP contribution in [0.3, 0.4) is 0 Å². The van der Waals surface area contributed by atoms with Gasteiger partial charge in [-0.2, -0.15) is 11.8 Å². The number of carbonyl (C=O) groups excluding carboxylic acids is 2. The van der Waals surface area contributed by atoms with E-state index in [0.717, 1.165) is 21.0 Å². The Labute approximate surface area is 165 Å². The van der Waals surface area contributed by atoms with Gasteiger partial charge in [0.15, 0.2) is 6.61 Å². The van der Waals surface area contributed by atoms with E-state index < -0.39 is 6.04 Å². The van der Waals surface area contributed by atoms with Crippen LogP contribution in [0, 0.1) is 0 Å². The summed E-state index contributed by atoms with van der Waals surface area (Å²) in [5, 5.41) is 2.12. The minimum absolute atomic E-state index is 0.114. The summed E-state index contributed by atoms with van der Waals surface area (Å²) in [6.07, 6.45) is 0. The van der Waals surface area contributed by atoms with Crippen LogP contribution in [0.25, 0.3) is 10.8 Å². The summed E-state index contributed by atoms with van der Waals surface area (Å²) in [5.74, 6) is 1.42. The number of thioether (sulfide) groups is 1. The maximum absolute atomic E-state index is 12.6. The van der Waals surface area contributed by atoms with Gasteiger partial charge in [-0.1, -0.05) is 30.3 Å². The first-order valence-corrected chi connectivity index (χ1v) is 10.4. The number of halogens is 1. The second kappa shape index (κ2) is 8.77. The number of esters is 1. The van der Waals surface area contributed by atoms with E-state index in [4.69, 9.17) is 9.47 Å². The average molecular weight is 438 g/mol. The third-order valence-electron chi connectivity index (χ3n) is 4.19. The molecule has 2 aromatic rings. The average Bonchev–Trinajstić information content (AvgIpc) is 2.67. The van der Waals surface area contributed by atoms with E-state index in [0.29, 0.717) is 24.7 Å². The number of amides is 1. The molecule has 2 aromatic carbocycles. The number of carbonyl (C=O) groups is 2. The molecule has 1 atom stereocenters. The molecule has 1 saturated heterocycles. The lowest BCUT2D eigenvalue weighted by Gasteiger charge is -2.33. The van der Waals surface area contributed by atoms with Gasteiger partial charge in [-0.25, -0.2) is 4.79 Å². The van der Waals surface area contributed by atoms with Crippen LogP contribution < -0.4 is 4.74 Å². The first-order valence-electron chi connectivity index (χ1n) is 8.45. The highest BCUT2D eigenvalue weighted by atomic mass is 79.9. The molecule has 0 N–H and O–H groups in total. The van der Waals surface area contributed by atoms with Crippen molar-refractivity contribution in [2.75, 3.05) is 31.3 Å². The van der Waals surface area contributed by atoms with E-state index in [2.05, 4.69) is 15.9 Å². The third-order valence-corrected chi connectivity index (χ3v) is 6.03. The van der Waals surface area contributed by atoms with E-state index in [1.54, 1.807) is 23.6 Å². The van der Waals surface area contributed by atoms with E-state index in [1.807, 2.05) is 36.4 Å². The van der Waals surface area contributed by atoms with E-state index in [9.17, 15) is 9.59 Å². The molecule has 7 heteroatoms. The van der Waals surface area contributed by atoms with Crippen LogP contribution in [-0.4, -0.2) is 54.1 Å². The molecular formula is C19H20BrNO4S. The second-order valence-corrected chi connectivity index (χ2v) is 7.76. The normalized spacial score (nSPS) is 17.2. The zero-order chi connectivity index (χ0) is 18.5. The predicted molar refractivity (Wildman–Crippen MR) is 107 cm³/mol. The fraction of sp³-hybridized carbons (Fsp3) is 0.368. The highest BCUT2D eigenvalue weighted by molar-refractivity contribution is 9.10. The first kappa shape index (κ1) is 19.0. The van der Waals surface area contributed by atoms with Crippen molar-refractivity contribution in [1.29, 1.82) is 0 Å². The molecule has 0 bridgehead atoms. The van der Waals surface area contributed by atoms with E-state index in [1.165, 1.54) is 0 Å². The maximum Gasteiger partial charge on any atom is 0.329 e. The second-order valence-electron chi connectivity index (χ2n) is 5.82. The fourth-order valence-electron chi connectivity index (χ4n) is 2.88. The Balaban J connectivity index is 1.69. The molecule has 1 aliphatic rings. The molecule has 5 nitrogen and oxygen atoms in total. The van der Waals surface area contributed by atoms with Crippen LogP contribution in [0.1, 0.15) is 6.92 Å². The Kier molecular flexibility index (Phi) is 6.43. The van der Waals surface area contributed by atoms with Crippen molar-refractivity contribution in [3.63, 3.8) is 0 Å². The van der Waals surface area contributed by atoms with Gasteiger partial charge in [-0.05, 0) is 39.7 Å². The number of hydrogen-bond donors (Lipinski definition) is 0. The Morgan fingerprint density at radius 3 is 2.88 bits per heavy atom. The molecule has 1 aliphatic heterocycles. The van der Waals surface area contributed by atoms with Crippen molar-refractivity contribution in [2.45, 2.75) is 13.0 Å². The van der Waals surface area contributed by atoms with Crippen molar-refractivity contribution in [3.05, 3.63) is 40.9 Å². The number of hydrogen-bond acceptors (Lipinski definition) is 5. The third kappa shape index (κ3) is 4.15. The summed E-state index contributed by atoms with van der Waals surface area (Å²) in [4.78, 5) is 26.3.